The van der Waals surface area contributed by atoms with E-state index in [2.05, 4.69) is 4.90 Å². The summed E-state index contributed by atoms with van der Waals surface area (Å²) in [6.45, 7) is 5.03. The quantitative estimate of drug-likeness (QED) is 0.705. The molecule has 1 atom stereocenters. The number of fused-ring (bicyclic) bond motifs is 3. The Morgan fingerprint density at radius 1 is 0.964 bits per heavy atom. The van der Waals surface area contributed by atoms with Crippen LogP contribution in [-0.4, -0.2) is 66.9 Å². The Labute approximate surface area is 164 Å². The maximum atomic E-state index is 13.0. The highest BCUT2D eigenvalue weighted by atomic mass is 16.5. The lowest BCUT2D eigenvalue weighted by Gasteiger charge is -2.35. The highest BCUT2D eigenvalue weighted by Crippen LogP contribution is 2.36. The Bertz CT molecular complexity index is 925. The van der Waals surface area contributed by atoms with Crippen molar-refractivity contribution in [2.45, 2.75) is 18.9 Å². The molecule has 1 unspecified atom stereocenters. The van der Waals surface area contributed by atoms with Gasteiger partial charge in [0.2, 0.25) is 0 Å². The number of rotatable bonds is 3. The molecule has 3 aliphatic rings. The number of ether oxygens (including phenoxy) is 1. The van der Waals surface area contributed by atoms with E-state index in [1.54, 1.807) is 6.07 Å². The van der Waals surface area contributed by atoms with Gasteiger partial charge < -0.3 is 9.64 Å². The molecule has 5 heteroatoms. The van der Waals surface area contributed by atoms with Crippen molar-refractivity contribution < 1.29 is 14.3 Å². The van der Waals surface area contributed by atoms with Crippen LogP contribution in [0.3, 0.4) is 0 Å². The van der Waals surface area contributed by atoms with E-state index >= 15 is 0 Å². The first kappa shape index (κ1) is 17.6. The third kappa shape index (κ3) is 3.05. The number of ketones is 1. The average molecular weight is 376 g/mol. The van der Waals surface area contributed by atoms with Gasteiger partial charge in [-0.05, 0) is 36.1 Å². The van der Waals surface area contributed by atoms with Crippen LogP contribution < -0.4 is 0 Å². The lowest BCUT2D eigenvalue weighted by molar-refractivity contribution is 0.0433. The van der Waals surface area contributed by atoms with Crippen LogP contribution >= 0.6 is 0 Å². The van der Waals surface area contributed by atoms with Crippen LogP contribution in [0.4, 0.5) is 0 Å². The zero-order valence-corrected chi connectivity index (χ0v) is 15.9. The van der Waals surface area contributed by atoms with Crippen LogP contribution in [0.5, 0.6) is 0 Å². The lowest BCUT2D eigenvalue weighted by Crippen LogP contribution is -2.50. The molecule has 2 aliphatic heterocycles. The molecule has 5 rings (SSSR count). The lowest BCUT2D eigenvalue weighted by atomic mass is 10.0. The van der Waals surface area contributed by atoms with E-state index in [1.165, 1.54) is 0 Å². The van der Waals surface area contributed by atoms with Gasteiger partial charge in [0.1, 0.15) is 0 Å². The Morgan fingerprint density at radius 2 is 1.71 bits per heavy atom. The third-order valence-corrected chi connectivity index (χ3v) is 6.12. The van der Waals surface area contributed by atoms with Crippen molar-refractivity contribution in [1.29, 1.82) is 0 Å². The van der Waals surface area contributed by atoms with Crippen LogP contribution in [0.1, 0.15) is 39.1 Å². The highest BCUT2D eigenvalue weighted by Gasteiger charge is 2.29. The molecule has 144 valence electrons. The number of carbonyl (C=O) groups excluding carboxylic acids is 2. The second kappa shape index (κ2) is 7.15. The molecule has 2 heterocycles. The molecule has 0 radical (unpaired) electrons. The third-order valence-electron chi connectivity index (χ3n) is 6.12. The maximum Gasteiger partial charge on any atom is 0.253 e. The molecule has 2 aromatic carbocycles. The SMILES string of the molecule is O=C1c2ccccc2-c2ccc(C(=O)N3CCN(CC4CCCO4)CC3)cc21. The molecule has 0 bridgehead atoms. The molecule has 0 saturated carbocycles. The Hall–Kier alpha value is -2.50. The fraction of sp³-hybridized carbons (Fsp3) is 0.391. The molecule has 5 nitrogen and oxygen atoms in total. The minimum absolute atomic E-state index is 0.0154. The number of nitrogens with zero attached hydrogens (tertiary/aromatic N) is 2. The largest absolute Gasteiger partial charge is 0.377 e. The summed E-state index contributed by atoms with van der Waals surface area (Å²) in [5.74, 6) is 0.0324. The molecule has 0 spiro atoms. The number of amides is 1. The van der Waals surface area contributed by atoms with Gasteiger partial charge in [-0.3, -0.25) is 14.5 Å². The number of hydrogen-bond donors (Lipinski definition) is 0. The van der Waals surface area contributed by atoms with Gasteiger partial charge in [-0.2, -0.15) is 0 Å². The minimum atomic E-state index is 0.0154. The fourth-order valence-electron chi connectivity index (χ4n) is 4.55. The van der Waals surface area contributed by atoms with Crippen molar-refractivity contribution in [2.75, 3.05) is 39.3 Å². The number of carbonyl (C=O) groups is 2. The van der Waals surface area contributed by atoms with Crippen LogP contribution in [-0.2, 0) is 4.74 Å². The van der Waals surface area contributed by atoms with Crippen molar-refractivity contribution in [3.05, 3.63) is 59.2 Å². The van der Waals surface area contributed by atoms with Crippen LogP contribution in [0.15, 0.2) is 42.5 Å². The molecular formula is C23H24N2O3. The molecule has 1 amide bonds. The number of piperazine rings is 1. The van der Waals surface area contributed by atoms with E-state index in [1.807, 2.05) is 41.3 Å². The molecule has 28 heavy (non-hydrogen) atoms. The van der Waals surface area contributed by atoms with Crippen molar-refractivity contribution >= 4 is 11.7 Å². The summed E-state index contributed by atoms with van der Waals surface area (Å²) >= 11 is 0. The second-order valence-corrected chi connectivity index (χ2v) is 7.86. The van der Waals surface area contributed by atoms with Crippen molar-refractivity contribution in [2.24, 2.45) is 0 Å². The molecule has 2 fully saturated rings. The first-order valence-electron chi connectivity index (χ1n) is 10.1. The van der Waals surface area contributed by atoms with Crippen molar-refractivity contribution in [3.63, 3.8) is 0 Å². The van der Waals surface area contributed by atoms with E-state index in [-0.39, 0.29) is 11.7 Å². The van der Waals surface area contributed by atoms with E-state index in [0.29, 0.717) is 17.2 Å². The maximum absolute atomic E-state index is 13.0. The van der Waals surface area contributed by atoms with Gasteiger partial charge >= 0.3 is 0 Å². The molecule has 0 aromatic heterocycles. The zero-order valence-electron chi connectivity index (χ0n) is 15.9. The minimum Gasteiger partial charge on any atom is -0.377 e. The fourth-order valence-corrected chi connectivity index (χ4v) is 4.55. The van der Waals surface area contributed by atoms with Gasteiger partial charge in [0.05, 0.1) is 6.10 Å². The molecule has 2 saturated heterocycles. The standard InChI is InChI=1S/C23H24N2O3/c26-22-20-6-2-1-5-18(20)19-8-7-16(14-21(19)22)23(27)25-11-9-24(10-12-25)15-17-4-3-13-28-17/h1-2,5-8,14,17H,3-4,9-13,15H2. The van der Waals surface area contributed by atoms with Crippen LogP contribution in [0, 0.1) is 0 Å². The summed E-state index contributed by atoms with van der Waals surface area (Å²) in [4.78, 5) is 30.0. The van der Waals surface area contributed by atoms with Gasteiger partial charge in [0.15, 0.2) is 5.78 Å². The van der Waals surface area contributed by atoms with Crippen molar-refractivity contribution in [3.8, 4) is 11.1 Å². The van der Waals surface area contributed by atoms with E-state index in [0.717, 1.165) is 68.9 Å². The van der Waals surface area contributed by atoms with E-state index < -0.39 is 0 Å². The first-order chi connectivity index (χ1) is 13.7. The van der Waals surface area contributed by atoms with E-state index in [9.17, 15) is 9.59 Å². The van der Waals surface area contributed by atoms with Gasteiger partial charge in [0, 0.05) is 56.0 Å². The molecular weight excluding hydrogens is 352 g/mol. The average Bonchev–Trinajstić information content (AvgIpc) is 3.35. The monoisotopic (exact) mass is 376 g/mol. The van der Waals surface area contributed by atoms with Gasteiger partial charge in [-0.25, -0.2) is 0 Å². The second-order valence-electron chi connectivity index (χ2n) is 7.86. The topological polar surface area (TPSA) is 49.9 Å². The number of benzene rings is 2. The van der Waals surface area contributed by atoms with Gasteiger partial charge in [-0.15, -0.1) is 0 Å². The zero-order chi connectivity index (χ0) is 19.1. The molecule has 0 N–H and O–H groups in total. The van der Waals surface area contributed by atoms with Crippen LogP contribution in [0.2, 0.25) is 0 Å². The Kier molecular flexibility index (Phi) is 4.49. The molecule has 2 aromatic rings. The summed E-state index contributed by atoms with van der Waals surface area (Å²) in [7, 11) is 0. The van der Waals surface area contributed by atoms with Crippen LogP contribution in [0.25, 0.3) is 11.1 Å². The molecule has 1 aliphatic carbocycles. The Balaban J connectivity index is 1.27. The predicted octanol–water partition coefficient (Wildman–Crippen LogP) is 2.83. The summed E-state index contributed by atoms with van der Waals surface area (Å²) in [6.07, 6.45) is 2.65. The normalized spacial score (nSPS) is 21.6. The number of hydrogen-bond acceptors (Lipinski definition) is 4. The predicted molar refractivity (Wildman–Crippen MR) is 107 cm³/mol. The summed E-state index contributed by atoms with van der Waals surface area (Å²) < 4.78 is 5.72. The van der Waals surface area contributed by atoms with Gasteiger partial charge in [-0.1, -0.05) is 30.3 Å². The highest BCUT2D eigenvalue weighted by molar-refractivity contribution is 6.22. The van der Waals surface area contributed by atoms with E-state index in [4.69, 9.17) is 4.74 Å². The summed E-state index contributed by atoms with van der Waals surface area (Å²) in [5.41, 5.74) is 3.86. The Morgan fingerprint density at radius 3 is 2.46 bits per heavy atom. The first-order valence-corrected chi connectivity index (χ1v) is 10.1. The summed E-state index contributed by atoms with van der Waals surface area (Å²) in [6, 6.07) is 13.2. The van der Waals surface area contributed by atoms with Gasteiger partial charge in [0.25, 0.3) is 5.91 Å². The van der Waals surface area contributed by atoms with Crippen molar-refractivity contribution in [1.82, 2.24) is 9.80 Å². The summed E-state index contributed by atoms with van der Waals surface area (Å²) in [5, 5.41) is 0. The smallest absolute Gasteiger partial charge is 0.253 e.